The van der Waals surface area contributed by atoms with Crippen molar-refractivity contribution in [2.24, 2.45) is 0 Å². The van der Waals surface area contributed by atoms with Crippen LogP contribution in [0.3, 0.4) is 0 Å². The first-order valence-corrected chi connectivity index (χ1v) is 9.93. The Labute approximate surface area is 174 Å². The molecule has 0 aliphatic heterocycles. The van der Waals surface area contributed by atoms with E-state index in [-0.39, 0.29) is 12.5 Å². The van der Waals surface area contributed by atoms with Gasteiger partial charge in [-0.2, -0.15) is 5.10 Å². The molecule has 148 valence electrons. The van der Waals surface area contributed by atoms with Gasteiger partial charge in [0.15, 0.2) is 0 Å². The number of hydrogen-bond donors (Lipinski definition) is 1. The highest BCUT2D eigenvalue weighted by molar-refractivity contribution is 5.90. The average molecular weight is 395 g/mol. The zero-order chi connectivity index (χ0) is 20.5. The van der Waals surface area contributed by atoms with Gasteiger partial charge in [0.25, 0.3) is 0 Å². The van der Waals surface area contributed by atoms with Crippen molar-refractivity contribution in [1.29, 1.82) is 0 Å². The largest absolute Gasteiger partial charge is 0.448 e. The molecule has 30 heavy (non-hydrogen) atoms. The van der Waals surface area contributed by atoms with E-state index in [4.69, 9.17) is 4.74 Å². The Morgan fingerprint density at radius 1 is 1.07 bits per heavy atom. The van der Waals surface area contributed by atoms with Gasteiger partial charge < -0.3 is 4.74 Å². The molecule has 1 aliphatic rings. The molecule has 4 aromatic rings. The number of carbonyl (C=O) groups excluding carboxylic acids is 1. The fraction of sp³-hybridized carbons (Fsp3) is 0.120. The predicted molar refractivity (Wildman–Crippen MR) is 119 cm³/mol. The van der Waals surface area contributed by atoms with Crippen molar-refractivity contribution < 1.29 is 9.53 Å². The number of nitrogens with one attached hydrogen (secondary N) is 1. The SMILES string of the molecule is C=CCn1ncc2ccc(NC(=O)OCC3c4ccccc4-c4ccccc43)cc21. The Morgan fingerprint density at radius 3 is 2.47 bits per heavy atom. The number of amides is 1. The van der Waals surface area contributed by atoms with Gasteiger partial charge in [-0.05, 0) is 40.5 Å². The highest BCUT2D eigenvalue weighted by atomic mass is 16.5. The van der Waals surface area contributed by atoms with Gasteiger partial charge in [-0.1, -0.05) is 54.6 Å². The lowest BCUT2D eigenvalue weighted by Crippen LogP contribution is -2.17. The minimum atomic E-state index is -0.467. The summed E-state index contributed by atoms with van der Waals surface area (Å²) in [6.07, 6.45) is 3.12. The van der Waals surface area contributed by atoms with Crippen LogP contribution in [-0.2, 0) is 11.3 Å². The standard InChI is InChI=1S/C25H21N3O2/c1-2-13-28-24-14-18(12-11-17(24)15-26-28)27-25(29)30-16-23-21-9-5-3-7-19(21)20-8-4-6-10-22(20)23/h2-12,14-15,23H,1,13,16H2,(H,27,29). The minimum absolute atomic E-state index is 0.0413. The van der Waals surface area contributed by atoms with Crippen molar-refractivity contribution in [3.05, 3.63) is 96.7 Å². The first kappa shape index (κ1) is 18.2. The average Bonchev–Trinajstić information content (AvgIpc) is 3.31. The highest BCUT2D eigenvalue weighted by Crippen LogP contribution is 2.44. The van der Waals surface area contributed by atoms with E-state index in [1.165, 1.54) is 22.3 Å². The molecule has 0 saturated carbocycles. The Morgan fingerprint density at radius 2 is 1.77 bits per heavy atom. The number of ether oxygens (including phenoxy) is 1. The highest BCUT2D eigenvalue weighted by Gasteiger charge is 2.29. The Balaban J connectivity index is 1.32. The van der Waals surface area contributed by atoms with E-state index < -0.39 is 6.09 Å². The molecule has 5 nitrogen and oxygen atoms in total. The van der Waals surface area contributed by atoms with Crippen LogP contribution in [0.2, 0.25) is 0 Å². The molecular formula is C25H21N3O2. The summed E-state index contributed by atoms with van der Waals surface area (Å²) in [6, 6.07) is 22.3. The van der Waals surface area contributed by atoms with Crippen LogP contribution in [0.4, 0.5) is 10.5 Å². The molecule has 1 aromatic heterocycles. The second kappa shape index (κ2) is 7.52. The predicted octanol–water partition coefficient (Wildman–Crippen LogP) is 5.58. The molecule has 1 aliphatic carbocycles. The van der Waals surface area contributed by atoms with Crippen molar-refractivity contribution in [3.63, 3.8) is 0 Å². The van der Waals surface area contributed by atoms with Crippen molar-refractivity contribution in [3.8, 4) is 11.1 Å². The van der Waals surface area contributed by atoms with E-state index in [2.05, 4.69) is 41.3 Å². The summed E-state index contributed by atoms with van der Waals surface area (Å²) >= 11 is 0. The molecule has 3 aromatic carbocycles. The molecule has 1 amide bonds. The Hall–Kier alpha value is -3.86. The molecule has 0 radical (unpaired) electrons. The van der Waals surface area contributed by atoms with Crippen molar-refractivity contribution >= 4 is 22.7 Å². The molecule has 0 atom stereocenters. The third-order valence-electron chi connectivity index (χ3n) is 5.54. The van der Waals surface area contributed by atoms with Crippen LogP contribution < -0.4 is 5.32 Å². The topological polar surface area (TPSA) is 56.2 Å². The molecule has 1 N–H and O–H groups in total. The van der Waals surface area contributed by atoms with Crippen LogP contribution in [-0.4, -0.2) is 22.5 Å². The van der Waals surface area contributed by atoms with E-state index in [1.807, 2.05) is 47.1 Å². The zero-order valence-corrected chi connectivity index (χ0v) is 16.4. The summed E-state index contributed by atoms with van der Waals surface area (Å²) in [5, 5.41) is 8.18. The van der Waals surface area contributed by atoms with Gasteiger partial charge in [-0.25, -0.2) is 4.79 Å². The molecule has 5 rings (SSSR count). The van der Waals surface area contributed by atoms with Crippen molar-refractivity contribution in [2.45, 2.75) is 12.5 Å². The molecular weight excluding hydrogens is 374 g/mol. The number of carbonyl (C=O) groups is 1. The van der Waals surface area contributed by atoms with Gasteiger partial charge in [-0.3, -0.25) is 10.00 Å². The number of rotatable bonds is 5. The molecule has 0 saturated heterocycles. The van der Waals surface area contributed by atoms with E-state index in [9.17, 15) is 4.79 Å². The van der Waals surface area contributed by atoms with Crippen LogP contribution in [0.1, 0.15) is 17.0 Å². The minimum Gasteiger partial charge on any atom is -0.448 e. The van der Waals surface area contributed by atoms with Crippen LogP contribution in [0.5, 0.6) is 0 Å². The smallest absolute Gasteiger partial charge is 0.411 e. The van der Waals surface area contributed by atoms with Gasteiger partial charge in [0.2, 0.25) is 0 Å². The first-order valence-electron chi connectivity index (χ1n) is 9.93. The van der Waals surface area contributed by atoms with Crippen LogP contribution in [0, 0.1) is 0 Å². The summed E-state index contributed by atoms with van der Waals surface area (Å²) in [6.45, 7) is 4.65. The number of aromatic nitrogens is 2. The number of allylic oxidation sites excluding steroid dienone is 1. The number of nitrogens with zero attached hydrogens (tertiary/aromatic N) is 2. The van der Waals surface area contributed by atoms with Gasteiger partial charge in [0.1, 0.15) is 6.61 Å². The Kier molecular flexibility index (Phi) is 4.56. The molecule has 0 unspecified atom stereocenters. The van der Waals surface area contributed by atoms with Gasteiger partial charge in [-0.15, -0.1) is 6.58 Å². The van der Waals surface area contributed by atoms with Crippen LogP contribution in [0.25, 0.3) is 22.0 Å². The second-order valence-electron chi connectivity index (χ2n) is 7.34. The summed E-state index contributed by atoms with van der Waals surface area (Å²) in [4.78, 5) is 12.5. The maximum Gasteiger partial charge on any atom is 0.411 e. The lowest BCUT2D eigenvalue weighted by Gasteiger charge is -2.14. The number of anilines is 1. The second-order valence-corrected chi connectivity index (χ2v) is 7.34. The van der Waals surface area contributed by atoms with E-state index in [0.717, 1.165) is 10.9 Å². The van der Waals surface area contributed by atoms with Gasteiger partial charge in [0, 0.05) is 17.0 Å². The maximum atomic E-state index is 12.5. The summed E-state index contributed by atoms with van der Waals surface area (Å²) in [5.41, 5.74) is 6.42. The molecule has 0 fully saturated rings. The maximum absolute atomic E-state index is 12.5. The summed E-state index contributed by atoms with van der Waals surface area (Å²) in [5.74, 6) is 0.0413. The third-order valence-corrected chi connectivity index (χ3v) is 5.54. The third kappa shape index (κ3) is 3.14. The summed E-state index contributed by atoms with van der Waals surface area (Å²) < 4.78 is 7.46. The normalized spacial score (nSPS) is 12.4. The first-order chi connectivity index (χ1) is 14.7. The number of fused-ring (bicyclic) bond motifs is 4. The fourth-order valence-electron chi connectivity index (χ4n) is 4.17. The van der Waals surface area contributed by atoms with Crippen molar-refractivity contribution in [1.82, 2.24) is 9.78 Å². The van der Waals surface area contributed by atoms with E-state index in [1.54, 1.807) is 12.3 Å². The van der Waals surface area contributed by atoms with Gasteiger partial charge >= 0.3 is 6.09 Å². The number of hydrogen-bond acceptors (Lipinski definition) is 3. The van der Waals surface area contributed by atoms with E-state index in [0.29, 0.717) is 12.2 Å². The quantitative estimate of drug-likeness (QED) is 0.449. The monoisotopic (exact) mass is 395 g/mol. The van der Waals surface area contributed by atoms with Crippen LogP contribution >= 0.6 is 0 Å². The summed E-state index contributed by atoms with van der Waals surface area (Å²) in [7, 11) is 0. The molecule has 1 heterocycles. The number of benzene rings is 3. The van der Waals surface area contributed by atoms with E-state index >= 15 is 0 Å². The van der Waals surface area contributed by atoms with Gasteiger partial charge in [0.05, 0.1) is 18.3 Å². The zero-order valence-electron chi connectivity index (χ0n) is 16.4. The Bertz CT molecular complexity index is 1210. The van der Waals surface area contributed by atoms with Crippen LogP contribution in [0.15, 0.2) is 85.6 Å². The molecule has 0 spiro atoms. The molecule has 5 heteroatoms. The lowest BCUT2D eigenvalue weighted by atomic mass is 9.98. The fourth-order valence-corrected chi connectivity index (χ4v) is 4.17. The lowest BCUT2D eigenvalue weighted by molar-refractivity contribution is 0.158. The van der Waals surface area contributed by atoms with Crippen molar-refractivity contribution in [2.75, 3.05) is 11.9 Å². The molecule has 0 bridgehead atoms.